The van der Waals surface area contributed by atoms with Gasteiger partial charge in [0.15, 0.2) is 0 Å². The summed E-state index contributed by atoms with van der Waals surface area (Å²) < 4.78 is 2.19. The van der Waals surface area contributed by atoms with Gasteiger partial charge in [-0.25, -0.2) is 19.8 Å². The number of hydrazine groups is 1. The van der Waals surface area contributed by atoms with Crippen molar-refractivity contribution in [1.82, 2.24) is 34.8 Å². The van der Waals surface area contributed by atoms with Gasteiger partial charge in [-0.05, 0) is 41.0 Å². The summed E-state index contributed by atoms with van der Waals surface area (Å²) in [6.07, 6.45) is 5.81. The zero-order valence-corrected chi connectivity index (χ0v) is 26.0. The summed E-state index contributed by atoms with van der Waals surface area (Å²) in [5.41, 5.74) is 6.91. The fourth-order valence-electron chi connectivity index (χ4n) is 6.87. The van der Waals surface area contributed by atoms with Gasteiger partial charge in [-0.3, -0.25) is 24.8 Å². The normalized spacial score (nSPS) is 17.3. The Morgan fingerprint density at radius 2 is 1.70 bits per heavy atom. The maximum Gasteiger partial charge on any atom is 0.342 e. The van der Waals surface area contributed by atoms with E-state index in [1.165, 1.54) is 15.4 Å². The summed E-state index contributed by atoms with van der Waals surface area (Å²) in [7, 11) is 2.07. The second-order valence-corrected chi connectivity index (χ2v) is 12.5. The summed E-state index contributed by atoms with van der Waals surface area (Å²) in [6.45, 7) is 4.53. The molecule has 0 aliphatic carbocycles. The molecular formula is C34H31ClN8O3. The Hall–Kier alpha value is -5.00. The molecule has 46 heavy (non-hydrogen) atoms. The number of rotatable bonds is 5. The van der Waals surface area contributed by atoms with Gasteiger partial charge >= 0.3 is 6.03 Å². The molecule has 0 bridgehead atoms. The number of nitrogens with one attached hydrogen (secondary N) is 1. The van der Waals surface area contributed by atoms with Gasteiger partial charge in [0, 0.05) is 92.2 Å². The van der Waals surface area contributed by atoms with Crippen LogP contribution in [-0.2, 0) is 24.9 Å². The Morgan fingerprint density at radius 3 is 2.50 bits per heavy atom. The van der Waals surface area contributed by atoms with Gasteiger partial charge in [0.05, 0.1) is 23.6 Å². The molecule has 3 aromatic heterocycles. The lowest BCUT2D eigenvalue weighted by molar-refractivity contribution is -0.123. The molecule has 5 aromatic rings. The summed E-state index contributed by atoms with van der Waals surface area (Å²) >= 11 is 6.83. The molecule has 2 saturated heterocycles. The molecule has 11 nitrogen and oxygen atoms in total. The molecule has 4 amide bonds. The lowest BCUT2D eigenvalue weighted by Gasteiger charge is -2.35. The van der Waals surface area contributed by atoms with Gasteiger partial charge in [0.25, 0.3) is 5.91 Å². The van der Waals surface area contributed by atoms with Crippen molar-refractivity contribution >= 4 is 57.1 Å². The molecule has 0 unspecified atom stereocenters. The number of benzene rings is 2. The molecule has 3 aliphatic heterocycles. The van der Waals surface area contributed by atoms with Crippen LogP contribution in [0.4, 0.5) is 10.6 Å². The van der Waals surface area contributed by atoms with Crippen molar-refractivity contribution in [2.75, 3.05) is 37.6 Å². The number of hydrogen-bond donors (Lipinski definition) is 1. The minimum atomic E-state index is -0.555. The Bertz CT molecular complexity index is 2070. The number of imide groups is 1. The topological polar surface area (TPSA) is 107 Å². The van der Waals surface area contributed by atoms with E-state index < -0.39 is 6.03 Å². The Kier molecular flexibility index (Phi) is 6.88. The van der Waals surface area contributed by atoms with E-state index in [1.807, 2.05) is 42.9 Å². The summed E-state index contributed by atoms with van der Waals surface area (Å²) in [4.78, 5) is 50.6. The molecule has 2 fully saturated rings. The van der Waals surface area contributed by atoms with Crippen LogP contribution >= 0.6 is 11.6 Å². The Balaban J connectivity index is 0.920. The standard InChI is InChI=1S/C34H31ClN8O3/c1-39-29-6-8-36-18-27(29)26-5-3-22(16-30(26)39)23-15-28(35)32(37-17-23)41-12-10-40(11-13-41)19-21-2-4-25-24(14-21)20-43(33(25)45)42-9-7-31(44)38-34(42)46/h2-6,8,14-18H,7,9-13,19-20H2,1H3,(H,38,44,46). The lowest BCUT2D eigenvalue weighted by Crippen LogP contribution is -2.56. The number of pyridine rings is 2. The van der Waals surface area contributed by atoms with E-state index in [9.17, 15) is 14.4 Å². The third-order valence-electron chi connectivity index (χ3n) is 9.32. The highest BCUT2D eigenvalue weighted by molar-refractivity contribution is 6.33. The van der Waals surface area contributed by atoms with Gasteiger partial charge in [-0.15, -0.1) is 0 Å². The molecule has 12 heteroatoms. The summed E-state index contributed by atoms with van der Waals surface area (Å²) in [5.74, 6) is 0.249. The monoisotopic (exact) mass is 634 g/mol. The number of nitrogens with zero attached hydrogens (tertiary/aromatic N) is 7. The number of piperazine rings is 1. The SMILES string of the molecule is Cn1c2ccncc2c2ccc(-c3cnc(N4CCN(Cc5ccc6c(c5)CN(N5CCC(=O)NC5=O)C6=O)CC4)c(Cl)c3)cc21. The van der Waals surface area contributed by atoms with Crippen molar-refractivity contribution in [2.45, 2.75) is 19.5 Å². The van der Waals surface area contributed by atoms with E-state index >= 15 is 0 Å². The second kappa shape index (κ2) is 11.1. The Morgan fingerprint density at radius 1 is 0.848 bits per heavy atom. The average molecular weight is 635 g/mol. The number of fused-ring (bicyclic) bond motifs is 4. The smallest absolute Gasteiger partial charge is 0.342 e. The number of halogens is 1. The highest BCUT2D eigenvalue weighted by Gasteiger charge is 2.37. The number of carbonyl (C=O) groups excluding carboxylic acids is 3. The summed E-state index contributed by atoms with van der Waals surface area (Å²) in [5, 5.41) is 7.98. The van der Waals surface area contributed by atoms with Gasteiger partial charge < -0.3 is 9.47 Å². The molecule has 232 valence electrons. The molecule has 1 N–H and O–H groups in total. The number of hydrogen-bond acceptors (Lipinski definition) is 7. The van der Waals surface area contributed by atoms with Crippen LogP contribution in [0.1, 0.15) is 27.9 Å². The molecule has 0 saturated carbocycles. The van der Waals surface area contributed by atoms with Crippen LogP contribution in [0.15, 0.2) is 67.1 Å². The van der Waals surface area contributed by atoms with Crippen LogP contribution in [0.5, 0.6) is 0 Å². The third kappa shape index (κ3) is 4.83. The molecular weight excluding hydrogens is 604 g/mol. The first-order valence-electron chi connectivity index (χ1n) is 15.3. The van der Waals surface area contributed by atoms with E-state index in [1.54, 1.807) is 0 Å². The van der Waals surface area contributed by atoms with Gasteiger partial charge in [-0.1, -0.05) is 35.9 Å². The van der Waals surface area contributed by atoms with Crippen molar-refractivity contribution in [2.24, 2.45) is 7.05 Å². The van der Waals surface area contributed by atoms with Crippen LogP contribution in [0.25, 0.3) is 32.9 Å². The van der Waals surface area contributed by atoms with Crippen molar-refractivity contribution in [3.63, 3.8) is 0 Å². The van der Waals surface area contributed by atoms with E-state index in [4.69, 9.17) is 16.6 Å². The minimum absolute atomic E-state index is 0.175. The quantitative estimate of drug-likeness (QED) is 0.302. The predicted molar refractivity (Wildman–Crippen MR) is 175 cm³/mol. The highest BCUT2D eigenvalue weighted by atomic mass is 35.5. The minimum Gasteiger partial charge on any atom is -0.353 e. The third-order valence-corrected chi connectivity index (χ3v) is 9.60. The zero-order chi connectivity index (χ0) is 31.5. The molecule has 8 rings (SSSR count). The number of anilines is 1. The van der Waals surface area contributed by atoms with Gasteiger partial charge in [0.2, 0.25) is 5.91 Å². The van der Waals surface area contributed by atoms with Crippen molar-refractivity contribution in [1.29, 1.82) is 0 Å². The highest BCUT2D eigenvalue weighted by Crippen LogP contribution is 2.34. The van der Waals surface area contributed by atoms with Crippen LogP contribution in [0.3, 0.4) is 0 Å². The van der Waals surface area contributed by atoms with Crippen molar-refractivity contribution in [3.8, 4) is 11.1 Å². The van der Waals surface area contributed by atoms with Crippen molar-refractivity contribution in [3.05, 3.63) is 88.8 Å². The molecule has 3 aliphatic rings. The van der Waals surface area contributed by atoms with Gasteiger partial charge in [-0.2, -0.15) is 0 Å². The first-order chi connectivity index (χ1) is 22.3. The van der Waals surface area contributed by atoms with Crippen LogP contribution in [0.2, 0.25) is 5.02 Å². The number of amides is 4. The first kappa shape index (κ1) is 28.5. The molecule has 0 radical (unpaired) electrons. The fourth-order valence-corrected chi connectivity index (χ4v) is 7.15. The maximum absolute atomic E-state index is 13.0. The van der Waals surface area contributed by atoms with E-state index in [2.05, 4.69) is 56.0 Å². The number of carbonyl (C=O) groups is 3. The molecule has 2 aromatic carbocycles. The summed E-state index contributed by atoms with van der Waals surface area (Å²) in [6, 6.07) is 15.8. The largest absolute Gasteiger partial charge is 0.353 e. The Labute approximate surface area is 269 Å². The van der Waals surface area contributed by atoms with Crippen molar-refractivity contribution < 1.29 is 14.4 Å². The van der Waals surface area contributed by atoms with Crippen LogP contribution < -0.4 is 10.2 Å². The van der Waals surface area contributed by atoms with E-state index in [0.29, 0.717) is 17.1 Å². The average Bonchev–Trinajstić information content (AvgIpc) is 3.54. The molecule has 6 heterocycles. The second-order valence-electron chi connectivity index (χ2n) is 12.1. The first-order valence-corrected chi connectivity index (χ1v) is 15.7. The van der Waals surface area contributed by atoms with E-state index in [-0.39, 0.29) is 24.8 Å². The van der Waals surface area contributed by atoms with Gasteiger partial charge in [0.1, 0.15) is 5.82 Å². The van der Waals surface area contributed by atoms with Crippen LogP contribution in [0, 0.1) is 0 Å². The number of aryl methyl sites for hydroxylation is 1. The molecule has 0 atom stereocenters. The van der Waals surface area contributed by atoms with Crippen LogP contribution in [-0.4, -0.2) is 80.0 Å². The zero-order valence-electron chi connectivity index (χ0n) is 25.2. The fraction of sp³-hybridized carbons (Fsp3) is 0.265. The maximum atomic E-state index is 13.0. The number of aromatic nitrogens is 3. The number of urea groups is 1. The lowest BCUT2D eigenvalue weighted by atomic mass is 10.0. The molecule has 0 spiro atoms. The predicted octanol–water partition coefficient (Wildman–Crippen LogP) is 4.58. The van der Waals surface area contributed by atoms with E-state index in [0.717, 1.165) is 77.2 Å².